The number of nitrogens with zero attached hydrogens (tertiary/aromatic N) is 3. The fourth-order valence-corrected chi connectivity index (χ4v) is 2.28. The van der Waals surface area contributed by atoms with E-state index < -0.39 is 5.97 Å². The van der Waals surface area contributed by atoms with Gasteiger partial charge in [-0.3, -0.25) is 0 Å². The predicted octanol–water partition coefficient (Wildman–Crippen LogP) is 0.760. The molecule has 0 spiro atoms. The van der Waals surface area contributed by atoms with Gasteiger partial charge in [-0.05, 0) is 20.8 Å². The number of rotatable bonds is 2. The number of nitrogens with one attached hydrogen (secondary N) is 1. The number of ether oxygens (including phenoxy) is 1. The van der Waals surface area contributed by atoms with Gasteiger partial charge in [0, 0.05) is 36.9 Å². The van der Waals surface area contributed by atoms with Crippen LogP contribution in [-0.2, 0) is 4.74 Å². The molecular weight excluding hydrogens is 244 g/mol. The van der Waals surface area contributed by atoms with Gasteiger partial charge in [-0.2, -0.15) is 0 Å². The van der Waals surface area contributed by atoms with E-state index in [1.54, 1.807) is 0 Å². The molecule has 6 heteroatoms. The third-order valence-electron chi connectivity index (χ3n) is 3.29. The monoisotopic (exact) mass is 264 g/mol. The first-order chi connectivity index (χ1) is 8.94. The van der Waals surface area contributed by atoms with Gasteiger partial charge in [0.05, 0.1) is 7.11 Å². The zero-order valence-electron chi connectivity index (χ0n) is 11.9. The Hall–Kier alpha value is -1.69. The number of aromatic nitrogens is 2. The van der Waals surface area contributed by atoms with Crippen LogP contribution in [0.2, 0.25) is 0 Å². The number of hydrogen-bond acceptors (Lipinski definition) is 6. The van der Waals surface area contributed by atoms with Crippen molar-refractivity contribution in [2.24, 2.45) is 0 Å². The fraction of sp³-hybridized carbons (Fsp3) is 0.615. The van der Waals surface area contributed by atoms with Crippen molar-refractivity contribution in [2.75, 3.05) is 31.6 Å². The standard InChI is InChI=1S/C13H20N4O2/c1-9-7-10(16-11(15-9)12(18)19-4)17-6-5-14-8-13(17,2)3/h7,14H,5-6,8H2,1-4H3. The van der Waals surface area contributed by atoms with Crippen LogP contribution in [0.3, 0.4) is 0 Å². The highest BCUT2D eigenvalue weighted by Gasteiger charge is 2.31. The molecule has 1 saturated heterocycles. The summed E-state index contributed by atoms with van der Waals surface area (Å²) in [5.74, 6) is 0.393. The maximum absolute atomic E-state index is 11.6. The smallest absolute Gasteiger partial charge is 0.376 e. The maximum atomic E-state index is 11.6. The molecule has 0 saturated carbocycles. The minimum Gasteiger partial charge on any atom is -0.463 e. The molecule has 1 fully saturated rings. The van der Waals surface area contributed by atoms with E-state index in [1.165, 1.54) is 7.11 Å². The molecule has 1 aromatic rings. The third kappa shape index (κ3) is 2.84. The van der Waals surface area contributed by atoms with E-state index in [9.17, 15) is 4.79 Å². The Bertz CT molecular complexity index is 488. The normalized spacial score (nSPS) is 18.2. The number of methoxy groups -OCH3 is 1. The molecule has 2 rings (SSSR count). The Morgan fingerprint density at radius 2 is 2.21 bits per heavy atom. The van der Waals surface area contributed by atoms with E-state index in [0.29, 0.717) is 0 Å². The first-order valence-electron chi connectivity index (χ1n) is 6.36. The topological polar surface area (TPSA) is 67.3 Å². The molecule has 1 aromatic heterocycles. The molecule has 19 heavy (non-hydrogen) atoms. The molecule has 1 N–H and O–H groups in total. The van der Waals surface area contributed by atoms with Crippen LogP contribution >= 0.6 is 0 Å². The molecule has 1 aliphatic rings. The highest BCUT2D eigenvalue weighted by molar-refractivity contribution is 5.85. The Morgan fingerprint density at radius 3 is 2.84 bits per heavy atom. The molecule has 6 nitrogen and oxygen atoms in total. The second-order valence-corrected chi connectivity index (χ2v) is 5.32. The Balaban J connectivity index is 2.38. The van der Waals surface area contributed by atoms with Crippen molar-refractivity contribution < 1.29 is 9.53 Å². The number of carbonyl (C=O) groups excluding carboxylic acids is 1. The number of piperazine rings is 1. The number of aryl methyl sites for hydroxylation is 1. The van der Waals surface area contributed by atoms with E-state index in [2.05, 4.69) is 34.0 Å². The molecule has 2 heterocycles. The van der Waals surface area contributed by atoms with Crippen LogP contribution in [0.1, 0.15) is 30.2 Å². The lowest BCUT2D eigenvalue weighted by molar-refractivity contribution is 0.0586. The fourth-order valence-electron chi connectivity index (χ4n) is 2.28. The van der Waals surface area contributed by atoms with Crippen LogP contribution in [0.5, 0.6) is 0 Å². The molecule has 0 aromatic carbocycles. The van der Waals surface area contributed by atoms with Gasteiger partial charge in [0.1, 0.15) is 5.82 Å². The van der Waals surface area contributed by atoms with Crippen LogP contribution in [0.25, 0.3) is 0 Å². The first-order valence-corrected chi connectivity index (χ1v) is 6.36. The van der Waals surface area contributed by atoms with Crippen molar-refractivity contribution in [1.29, 1.82) is 0 Å². The summed E-state index contributed by atoms with van der Waals surface area (Å²) in [7, 11) is 1.34. The van der Waals surface area contributed by atoms with Crippen molar-refractivity contribution >= 4 is 11.8 Å². The summed E-state index contributed by atoms with van der Waals surface area (Å²) < 4.78 is 4.69. The van der Waals surface area contributed by atoms with Crippen LogP contribution in [0.15, 0.2) is 6.07 Å². The molecule has 104 valence electrons. The molecular formula is C13H20N4O2. The summed E-state index contributed by atoms with van der Waals surface area (Å²) in [5.41, 5.74) is 0.714. The zero-order valence-corrected chi connectivity index (χ0v) is 11.9. The Morgan fingerprint density at radius 1 is 1.47 bits per heavy atom. The van der Waals surface area contributed by atoms with E-state index >= 15 is 0 Å². The van der Waals surface area contributed by atoms with Crippen molar-refractivity contribution in [1.82, 2.24) is 15.3 Å². The lowest BCUT2D eigenvalue weighted by Gasteiger charge is -2.43. The predicted molar refractivity (Wildman–Crippen MR) is 72.4 cm³/mol. The van der Waals surface area contributed by atoms with Crippen LogP contribution in [0, 0.1) is 6.92 Å². The van der Waals surface area contributed by atoms with Gasteiger partial charge in [-0.15, -0.1) is 0 Å². The minimum atomic E-state index is -0.502. The van der Waals surface area contributed by atoms with Crippen LogP contribution < -0.4 is 10.2 Å². The zero-order chi connectivity index (χ0) is 14.0. The summed E-state index contributed by atoms with van der Waals surface area (Å²) in [5, 5.41) is 3.36. The average molecular weight is 264 g/mol. The molecule has 0 atom stereocenters. The molecule has 0 aliphatic carbocycles. The van der Waals surface area contributed by atoms with Crippen molar-refractivity contribution in [3.63, 3.8) is 0 Å². The lowest BCUT2D eigenvalue weighted by atomic mass is 10.0. The van der Waals surface area contributed by atoms with E-state index in [1.807, 2.05) is 13.0 Å². The van der Waals surface area contributed by atoms with Gasteiger partial charge in [-0.1, -0.05) is 0 Å². The van der Waals surface area contributed by atoms with Crippen LogP contribution in [-0.4, -0.2) is 48.2 Å². The number of hydrogen-bond donors (Lipinski definition) is 1. The van der Waals surface area contributed by atoms with Crippen molar-refractivity contribution in [3.05, 3.63) is 17.6 Å². The van der Waals surface area contributed by atoms with Gasteiger partial charge in [0.25, 0.3) is 0 Å². The first kappa shape index (κ1) is 13.7. The number of carbonyl (C=O) groups is 1. The molecule has 0 unspecified atom stereocenters. The SMILES string of the molecule is COC(=O)c1nc(C)cc(N2CCNCC2(C)C)n1. The maximum Gasteiger partial charge on any atom is 0.376 e. The van der Waals surface area contributed by atoms with Crippen molar-refractivity contribution in [2.45, 2.75) is 26.3 Å². The van der Waals surface area contributed by atoms with E-state index in [-0.39, 0.29) is 11.4 Å². The van der Waals surface area contributed by atoms with Gasteiger partial charge in [0.2, 0.25) is 5.82 Å². The van der Waals surface area contributed by atoms with Gasteiger partial charge in [0.15, 0.2) is 0 Å². The summed E-state index contributed by atoms with van der Waals surface area (Å²) >= 11 is 0. The van der Waals surface area contributed by atoms with Crippen LogP contribution in [0.4, 0.5) is 5.82 Å². The number of anilines is 1. The molecule has 0 bridgehead atoms. The summed E-state index contributed by atoms with van der Waals surface area (Å²) in [6.07, 6.45) is 0. The summed E-state index contributed by atoms with van der Waals surface area (Å²) in [6, 6.07) is 1.90. The van der Waals surface area contributed by atoms with E-state index in [4.69, 9.17) is 4.74 Å². The highest BCUT2D eigenvalue weighted by atomic mass is 16.5. The second kappa shape index (κ2) is 5.13. The second-order valence-electron chi connectivity index (χ2n) is 5.32. The summed E-state index contributed by atoms with van der Waals surface area (Å²) in [6.45, 7) is 8.78. The minimum absolute atomic E-state index is 0.0492. The van der Waals surface area contributed by atoms with Gasteiger partial charge < -0.3 is 15.0 Å². The number of esters is 1. The van der Waals surface area contributed by atoms with Crippen molar-refractivity contribution in [3.8, 4) is 0 Å². The molecule has 0 radical (unpaired) electrons. The summed E-state index contributed by atoms with van der Waals surface area (Å²) in [4.78, 5) is 22.2. The third-order valence-corrected chi connectivity index (χ3v) is 3.29. The van der Waals surface area contributed by atoms with Gasteiger partial charge >= 0.3 is 5.97 Å². The quantitative estimate of drug-likeness (QED) is 0.795. The van der Waals surface area contributed by atoms with Gasteiger partial charge in [-0.25, -0.2) is 14.8 Å². The largest absolute Gasteiger partial charge is 0.463 e. The molecule has 0 amide bonds. The lowest BCUT2D eigenvalue weighted by Crippen LogP contribution is -2.58. The molecule has 1 aliphatic heterocycles. The average Bonchev–Trinajstić information content (AvgIpc) is 2.36. The Labute approximate surface area is 113 Å². The van der Waals surface area contributed by atoms with E-state index in [0.717, 1.165) is 31.1 Å². The Kier molecular flexibility index (Phi) is 3.71. The highest BCUT2D eigenvalue weighted by Crippen LogP contribution is 2.24.